The predicted octanol–water partition coefficient (Wildman–Crippen LogP) is 5.57. The zero-order valence-corrected chi connectivity index (χ0v) is 17.7. The van der Waals surface area contributed by atoms with Gasteiger partial charge in [0.1, 0.15) is 0 Å². The van der Waals surface area contributed by atoms with Crippen molar-refractivity contribution in [2.45, 2.75) is 19.8 Å². The van der Waals surface area contributed by atoms with Crippen LogP contribution < -0.4 is 0 Å². The molecule has 0 atom stereocenters. The molecule has 1 heterocycles. The van der Waals surface area contributed by atoms with Crippen LogP contribution in [0.2, 0.25) is 0 Å². The van der Waals surface area contributed by atoms with Crippen LogP contribution in [0.25, 0.3) is 11.3 Å². The smallest absolute Gasteiger partial charge is 0.262 e. The molecule has 0 unspecified atom stereocenters. The van der Waals surface area contributed by atoms with Gasteiger partial charge in [0.15, 0.2) is 11.6 Å². The fourth-order valence-electron chi connectivity index (χ4n) is 4.51. The van der Waals surface area contributed by atoms with E-state index in [2.05, 4.69) is 0 Å². The van der Waals surface area contributed by atoms with Crippen molar-refractivity contribution in [3.63, 3.8) is 0 Å². The average molecular weight is 419 g/mol. The molecule has 156 valence electrons. The summed E-state index contributed by atoms with van der Waals surface area (Å²) in [5.74, 6) is -0.659. The molecule has 0 amide bonds. The molecule has 1 aromatic heterocycles. The Bertz CT molecular complexity index is 1360. The Morgan fingerprint density at radius 3 is 1.84 bits per heavy atom. The Hall–Kier alpha value is -4.05. The van der Waals surface area contributed by atoms with Crippen LogP contribution in [-0.2, 0) is 6.42 Å². The summed E-state index contributed by atoms with van der Waals surface area (Å²) in [4.78, 5) is 41.1. The third-order valence-corrected chi connectivity index (χ3v) is 5.90. The molecule has 32 heavy (non-hydrogen) atoms. The highest BCUT2D eigenvalue weighted by Gasteiger charge is 2.39. The number of fused-ring (bicyclic) bond motifs is 2. The fraction of sp³-hybridized carbons (Fsp3) is 0.107. The van der Waals surface area contributed by atoms with E-state index < -0.39 is 0 Å². The van der Waals surface area contributed by atoms with E-state index >= 15 is 0 Å². The van der Waals surface area contributed by atoms with Crippen molar-refractivity contribution in [1.82, 2.24) is 4.57 Å². The van der Waals surface area contributed by atoms with E-state index in [1.54, 1.807) is 41.0 Å². The number of ketones is 2. The second-order valence-electron chi connectivity index (χ2n) is 7.87. The summed E-state index contributed by atoms with van der Waals surface area (Å²) >= 11 is 0. The number of benzene rings is 3. The Morgan fingerprint density at radius 2 is 1.25 bits per heavy atom. The van der Waals surface area contributed by atoms with E-state index in [-0.39, 0.29) is 17.5 Å². The zero-order chi connectivity index (χ0) is 22.2. The van der Waals surface area contributed by atoms with Gasteiger partial charge in [-0.3, -0.25) is 19.0 Å². The Morgan fingerprint density at radius 1 is 0.719 bits per heavy atom. The Labute approximate surface area is 186 Å². The van der Waals surface area contributed by atoms with Crippen molar-refractivity contribution >= 4 is 17.5 Å². The van der Waals surface area contributed by atoms with Crippen molar-refractivity contribution in [2.24, 2.45) is 0 Å². The van der Waals surface area contributed by atoms with Crippen LogP contribution >= 0.6 is 0 Å². The maximum absolute atomic E-state index is 13.8. The molecular formula is C28H21NO3. The first-order valence-corrected chi connectivity index (χ1v) is 10.7. The lowest BCUT2D eigenvalue weighted by molar-refractivity contribution is 0.0959. The molecule has 0 aliphatic heterocycles. The van der Waals surface area contributed by atoms with Gasteiger partial charge in [0.2, 0.25) is 0 Å². The summed E-state index contributed by atoms with van der Waals surface area (Å²) < 4.78 is 1.60. The van der Waals surface area contributed by atoms with Crippen LogP contribution in [0.5, 0.6) is 0 Å². The topological polar surface area (TPSA) is 56.1 Å². The summed E-state index contributed by atoms with van der Waals surface area (Å²) in [6, 6.07) is 25.2. The first kappa shape index (κ1) is 19.9. The Balaban J connectivity index is 1.89. The van der Waals surface area contributed by atoms with E-state index in [0.717, 1.165) is 12.0 Å². The molecule has 0 fully saturated rings. The molecule has 3 aromatic carbocycles. The lowest BCUT2D eigenvalue weighted by Gasteiger charge is -2.16. The minimum Gasteiger partial charge on any atom is -0.288 e. The quantitative estimate of drug-likeness (QED) is 0.383. The Kier molecular flexibility index (Phi) is 4.91. The molecule has 4 aromatic rings. The SMILES string of the molecule is CCCc1c2c(c(-c3ccccc3)n1C(=O)c1ccccc1)C(=O)c1ccccc1C2=O. The first-order valence-electron chi connectivity index (χ1n) is 10.7. The van der Waals surface area contributed by atoms with Gasteiger partial charge in [-0.1, -0.05) is 86.1 Å². The van der Waals surface area contributed by atoms with Crippen LogP contribution in [0.1, 0.15) is 61.2 Å². The highest BCUT2D eigenvalue weighted by atomic mass is 16.2. The largest absolute Gasteiger partial charge is 0.288 e. The highest BCUT2D eigenvalue weighted by molar-refractivity contribution is 6.31. The number of rotatable bonds is 4. The maximum atomic E-state index is 13.8. The minimum absolute atomic E-state index is 0.199. The summed E-state index contributed by atoms with van der Waals surface area (Å²) in [6.45, 7) is 2.00. The number of hydrogen-bond donors (Lipinski definition) is 0. The van der Waals surface area contributed by atoms with E-state index in [4.69, 9.17) is 0 Å². The van der Waals surface area contributed by atoms with Crippen molar-refractivity contribution in [2.75, 3.05) is 0 Å². The van der Waals surface area contributed by atoms with Gasteiger partial charge in [0.05, 0.1) is 16.8 Å². The van der Waals surface area contributed by atoms with Crippen LogP contribution in [0, 0.1) is 0 Å². The van der Waals surface area contributed by atoms with Crippen molar-refractivity contribution in [1.29, 1.82) is 0 Å². The van der Waals surface area contributed by atoms with Gasteiger partial charge < -0.3 is 0 Å². The fourth-order valence-corrected chi connectivity index (χ4v) is 4.51. The molecule has 1 aliphatic carbocycles. The van der Waals surface area contributed by atoms with Gasteiger partial charge in [0, 0.05) is 22.4 Å². The van der Waals surface area contributed by atoms with Gasteiger partial charge in [-0.05, 0) is 24.1 Å². The monoisotopic (exact) mass is 419 g/mol. The van der Waals surface area contributed by atoms with E-state index in [1.807, 2.05) is 55.5 Å². The lowest BCUT2D eigenvalue weighted by Crippen LogP contribution is -2.21. The molecule has 4 heteroatoms. The van der Waals surface area contributed by atoms with Crippen molar-refractivity contribution in [3.05, 3.63) is 118 Å². The van der Waals surface area contributed by atoms with Crippen molar-refractivity contribution < 1.29 is 14.4 Å². The third-order valence-electron chi connectivity index (χ3n) is 5.90. The molecule has 0 spiro atoms. The normalized spacial score (nSPS) is 12.4. The predicted molar refractivity (Wildman–Crippen MR) is 123 cm³/mol. The van der Waals surface area contributed by atoms with Crippen LogP contribution in [0.15, 0.2) is 84.9 Å². The second kappa shape index (κ2) is 7.89. The molecule has 0 saturated heterocycles. The third kappa shape index (κ3) is 2.95. The van der Waals surface area contributed by atoms with Crippen LogP contribution in [0.3, 0.4) is 0 Å². The number of carbonyl (C=O) groups is 3. The number of carbonyl (C=O) groups excluding carboxylic acids is 3. The lowest BCUT2D eigenvalue weighted by atomic mass is 9.83. The minimum atomic E-state index is -0.244. The molecule has 5 rings (SSSR count). The van der Waals surface area contributed by atoms with Gasteiger partial charge in [0.25, 0.3) is 5.91 Å². The molecular weight excluding hydrogens is 398 g/mol. The van der Waals surface area contributed by atoms with E-state index in [0.29, 0.717) is 45.6 Å². The second-order valence-corrected chi connectivity index (χ2v) is 7.87. The standard InChI is InChI=1S/C28H21NO3/c1-2-11-22-23-24(27(31)21-17-10-9-16-20(21)26(23)30)25(18-12-5-3-6-13-18)29(22)28(32)19-14-7-4-8-15-19/h3-10,12-17H,2,11H2,1H3. The van der Waals surface area contributed by atoms with Crippen LogP contribution in [0.4, 0.5) is 0 Å². The van der Waals surface area contributed by atoms with Gasteiger partial charge in [-0.15, -0.1) is 0 Å². The van der Waals surface area contributed by atoms with Crippen LogP contribution in [-0.4, -0.2) is 22.0 Å². The molecule has 0 bridgehead atoms. The van der Waals surface area contributed by atoms with Gasteiger partial charge >= 0.3 is 0 Å². The highest BCUT2D eigenvalue weighted by Crippen LogP contribution is 2.39. The average Bonchev–Trinajstić information content (AvgIpc) is 3.18. The van der Waals surface area contributed by atoms with Crippen molar-refractivity contribution in [3.8, 4) is 11.3 Å². The molecule has 0 N–H and O–H groups in total. The molecule has 0 radical (unpaired) electrons. The van der Waals surface area contributed by atoms with E-state index in [1.165, 1.54) is 0 Å². The first-order chi connectivity index (χ1) is 15.6. The summed E-state index contributed by atoms with van der Waals surface area (Å²) in [6.07, 6.45) is 1.24. The maximum Gasteiger partial charge on any atom is 0.262 e. The summed E-state index contributed by atoms with van der Waals surface area (Å²) in [5.41, 5.74) is 3.80. The van der Waals surface area contributed by atoms with Gasteiger partial charge in [-0.2, -0.15) is 0 Å². The van der Waals surface area contributed by atoms with Gasteiger partial charge in [-0.25, -0.2) is 0 Å². The number of nitrogens with zero attached hydrogens (tertiary/aromatic N) is 1. The molecule has 4 nitrogen and oxygen atoms in total. The van der Waals surface area contributed by atoms with E-state index in [9.17, 15) is 14.4 Å². The summed E-state index contributed by atoms with van der Waals surface area (Å²) in [5, 5.41) is 0. The zero-order valence-electron chi connectivity index (χ0n) is 17.7. The number of aromatic nitrogens is 1. The molecule has 1 aliphatic rings. The molecule has 0 saturated carbocycles. The summed E-state index contributed by atoms with van der Waals surface area (Å²) in [7, 11) is 0. The number of hydrogen-bond acceptors (Lipinski definition) is 3.